The molecule has 0 saturated carbocycles. The molecular formula is C11H6N4O3. The molecule has 7 heteroatoms. The number of carboxylic acid groups (broad SMARTS) is 1. The Kier molecular flexibility index (Phi) is 2.23. The zero-order chi connectivity index (χ0) is 12.5. The van der Waals surface area contributed by atoms with Crippen molar-refractivity contribution in [2.24, 2.45) is 0 Å². The van der Waals surface area contributed by atoms with Crippen LogP contribution < -0.4 is 0 Å². The number of para-hydroxylation sites is 1. The summed E-state index contributed by atoms with van der Waals surface area (Å²) < 4.78 is 4.91. The van der Waals surface area contributed by atoms with Crippen LogP contribution in [0.5, 0.6) is 0 Å². The van der Waals surface area contributed by atoms with Crippen molar-refractivity contribution >= 4 is 17.0 Å². The molecule has 7 nitrogen and oxygen atoms in total. The van der Waals surface area contributed by atoms with E-state index in [-0.39, 0.29) is 11.7 Å². The van der Waals surface area contributed by atoms with Gasteiger partial charge in [-0.15, -0.1) is 0 Å². The highest BCUT2D eigenvalue weighted by molar-refractivity contribution is 5.89. The summed E-state index contributed by atoms with van der Waals surface area (Å²) in [5, 5.41) is 12.1. The molecule has 3 rings (SSSR count). The topological polar surface area (TPSA) is 102 Å². The molecule has 0 aliphatic rings. The van der Waals surface area contributed by atoms with Crippen LogP contribution in [0.4, 0.5) is 0 Å². The number of fused-ring (bicyclic) bond motifs is 1. The van der Waals surface area contributed by atoms with E-state index in [1.807, 2.05) is 0 Å². The molecule has 0 atom stereocenters. The third-order valence-electron chi connectivity index (χ3n) is 2.35. The second-order valence-corrected chi connectivity index (χ2v) is 3.46. The van der Waals surface area contributed by atoms with E-state index >= 15 is 0 Å². The van der Waals surface area contributed by atoms with Gasteiger partial charge in [-0.3, -0.25) is 9.97 Å². The lowest BCUT2D eigenvalue weighted by Gasteiger charge is -1.99. The van der Waals surface area contributed by atoms with Gasteiger partial charge in [0.05, 0.1) is 11.1 Å². The molecule has 18 heavy (non-hydrogen) atoms. The predicted molar refractivity (Wildman–Crippen MR) is 59.8 cm³/mol. The lowest BCUT2D eigenvalue weighted by molar-refractivity contribution is 0.0680. The molecule has 0 aliphatic carbocycles. The van der Waals surface area contributed by atoms with Crippen molar-refractivity contribution in [2.75, 3.05) is 0 Å². The smallest absolute Gasteiger partial charge is 0.377 e. The molecule has 0 fully saturated rings. The zero-order valence-corrected chi connectivity index (χ0v) is 8.94. The van der Waals surface area contributed by atoms with Crippen LogP contribution in [0.25, 0.3) is 22.5 Å². The van der Waals surface area contributed by atoms with Crippen LogP contribution in [0, 0.1) is 0 Å². The lowest BCUT2D eigenvalue weighted by atomic mass is 10.2. The molecule has 0 aliphatic heterocycles. The fourth-order valence-corrected chi connectivity index (χ4v) is 1.59. The van der Waals surface area contributed by atoms with Crippen LogP contribution in [0.3, 0.4) is 0 Å². The van der Waals surface area contributed by atoms with E-state index in [1.54, 1.807) is 30.6 Å². The average Bonchev–Trinajstić information content (AvgIpc) is 2.87. The van der Waals surface area contributed by atoms with E-state index in [0.717, 1.165) is 0 Å². The number of aromatic carboxylic acids is 1. The summed E-state index contributed by atoms with van der Waals surface area (Å²) >= 11 is 0. The highest BCUT2D eigenvalue weighted by Crippen LogP contribution is 2.24. The summed E-state index contributed by atoms with van der Waals surface area (Å²) in [6.45, 7) is 0. The van der Waals surface area contributed by atoms with Gasteiger partial charge in [0.2, 0.25) is 0 Å². The Morgan fingerprint density at radius 2 is 2.06 bits per heavy atom. The van der Waals surface area contributed by atoms with Gasteiger partial charge in [-0.2, -0.15) is 4.98 Å². The van der Waals surface area contributed by atoms with Gasteiger partial charge in [-0.1, -0.05) is 6.07 Å². The molecule has 0 radical (unpaired) electrons. The van der Waals surface area contributed by atoms with Crippen molar-refractivity contribution in [1.82, 2.24) is 20.1 Å². The van der Waals surface area contributed by atoms with Crippen molar-refractivity contribution in [3.8, 4) is 11.5 Å². The van der Waals surface area contributed by atoms with Crippen LogP contribution >= 0.6 is 0 Å². The monoisotopic (exact) mass is 242 g/mol. The van der Waals surface area contributed by atoms with Gasteiger partial charge in [0.15, 0.2) is 0 Å². The second-order valence-electron chi connectivity index (χ2n) is 3.46. The summed E-state index contributed by atoms with van der Waals surface area (Å²) in [4.78, 5) is 22.8. The van der Waals surface area contributed by atoms with Crippen molar-refractivity contribution in [3.05, 3.63) is 36.4 Å². The van der Waals surface area contributed by atoms with Crippen molar-refractivity contribution in [1.29, 1.82) is 0 Å². The predicted octanol–water partition coefficient (Wildman–Crippen LogP) is 1.38. The Balaban J connectivity index is 2.21. The summed E-state index contributed by atoms with van der Waals surface area (Å²) in [6, 6.07) is 5.27. The van der Waals surface area contributed by atoms with Gasteiger partial charge in [-0.25, -0.2) is 4.79 Å². The Morgan fingerprint density at radius 3 is 2.83 bits per heavy atom. The zero-order valence-electron chi connectivity index (χ0n) is 8.94. The van der Waals surface area contributed by atoms with Crippen LogP contribution in [0.1, 0.15) is 10.6 Å². The van der Waals surface area contributed by atoms with Crippen LogP contribution in [0.15, 0.2) is 35.1 Å². The second kappa shape index (κ2) is 3.88. The highest BCUT2D eigenvalue weighted by atomic mass is 16.5. The van der Waals surface area contributed by atoms with Gasteiger partial charge in [0.25, 0.3) is 11.7 Å². The van der Waals surface area contributed by atoms with Crippen molar-refractivity contribution in [2.45, 2.75) is 0 Å². The van der Waals surface area contributed by atoms with Crippen LogP contribution in [0.2, 0.25) is 0 Å². The Hall–Kier alpha value is -2.83. The maximum absolute atomic E-state index is 10.7. The minimum Gasteiger partial charge on any atom is -0.475 e. The van der Waals surface area contributed by atoms with Crippen LogP contribution in [-0.4, -0.2) is 31.2 Å². The molecule has 1 N–H and O–H groups in total. The Morgan fingerprint density at radius 1 is 1.22 bits per heavy atom. The van der Waals surface area contributed by atoms with E-state index < -0.39 is 5.97 Å². The molecule has 0 spiro atoms. The summed E-state index contributed by atoms with van der Waals surface area (Å²) in [7, 11) is 0. The van der Waals surface area contributed by atoms with E-state index in [1.165, 1.54) is 0 Å². The molecule has 0 amide bonds. The number of carbonyl (C=O) groups is 1. The number of hydrogen-bond donors (Lipinski definition) is 1. The molecule has 88 valence electrons. The lowest BCUT2D eigenvalue weighted by Crippen LogP contribution is -1.98. The molecule has 0 bridgehead atoms. The number of carboxylic acids is 1. The van der Waals surface area contributed by atoms with E-state index in [2.05, 4.69) is 20.1 Å². The summed E-state index contributed by atoms with van der Waals surface area (Å²) in [5.41, 5.74) is 1.81. The van der Waals surface area contributed by atoms with Crippen molar-refractivity contribution < 1.29 is 14.4 Å². The third kappa shape index (κ3) is 1.58. The fraction of sp³-hybridized carbons (Fsp3) is 0. The molecular weight excluding hydrogens is 236 g/mol. The summed E-state index contributed by atoms with van der Waals surface area (Å²) in [6.07, 6.45) is 3.11. The fourth-order valence-electron chi connectivity index (χ4n) is 1.59. The molecule has 3 aromatic rings. The van der Waals surface area contributed by atoms with Crippen molar-refractivity contribution in [3.63, 3.8) is 0 Å². The minimum absolute atomic E-state index is 0.110. The maximum atomic E-state index is 10.7. The highest BCUT2D eigenvalue weighted by Gasteiger charge is 2.16. The number of nitrogens with zero attached hydrogens (tertiary/aromatic N) is 4. The Labute approximate surface area is 100 Å². The third-order valence-corrected chi connectivity index (χ3v) is 2.35. The SMILES string of the molecule is O=C(O)c1noc(-c2cccc3nccnc23)n1. The van der Waals surface area contributed by atoms with Gasteiger partial charge in [-0.05, 0) is 17.3 Å². The Bertz CT molecular complexity index is 732. The van der Waals surface area contributed by atoms with Gasteiger partial charge < -0.3 is 9.63 Å². The average molecular weight is 242 g/mol. The number of rotatable bonds is 2. The number of benzene rings is 1. The normalized spacial score (nSPS) is 10.7. The first-order valence-corrected chi connectivity index (χ1v) is 5.03. The first-order chi connectivity index (χ1) is 8.75. The molecule has 1 aromatic carbocycles. The maximum Gasteiger partial charge on any atom is 0.377 e. The molecule has 2 aromatic heterocycles. The number of hydrogen-bond acceptors (Lipinski definition) is 6. The first-order valence-electron chi connectivity index (χ1n) is 5.03. The minimum atomic E-state index is -1.24. The number of aromatic nitrogens is 4. The molecule has 2 heterocycles. The van der Waals surface area contributed by atoms with E-state index in [0.29, 0.717) is 16.6 Å². The summed E-state index contributed by atoms with van der Waals surface area (Å²) in [5.74, 6) is -1.51. The quantitative estimate of drug-likeness (QED) is 0.723. The van der Waals surface area contributed by atoms with Gasteiger partial charge >= 0.3 is 5.97 Å². The van der Waals surface area contributed by atoms with Gasteiger partial charge in [0, 0.05) is 12.4 Å². The molecule has 0 unspecified atom stereocenters. The largest absolute Gasteiger partial charge is 0.475 e. The van der Waals surface area contributed by atoms with E-state index in [9.17, 15) is 4.79 Å². The standard InChI is InChI=1S/C11H6N4O3/c16-11(17)9-14-10(18-15-9)6-2-1-3-7-8(6)13-5-4-12-7/h1-5H,(H,16,17). The van der Waals surface area contributed by atoms with E-state index in [4.69, 9.17) is 9.63 Å². The van der Waals surface area contributed by atoms with Gasteiger partial charge in [0.1, 0.15) is 5.52 Å². The first kappa shape index (κ1) is 10.3. The molecule has 0 saturated heterocycles. The van der Waals surface area contributed by atoms with Crippen LogP contribution in [-0.2, 0) is 0 Å².